The predicted octanol–water partition coefficient (Wildman–Crippen LogP) is 3.48. The summed E-state index contributed by atoms with van der Waals surface area (Å²) in [4.78, 5) is 28.2. The van der Waals surface area contributed by atoms with Crippen molar-refractivity contribution in [1.82, 2.24) is 14.8 Å². The number of nitrogens with one attached hydrogen (secondary N) is 1. The van der Waals surface area contributed by atoms with Gasteiger partial charge in [-0.3, -0.25) is 14.9 Å². The Morgan fingerprint density at radius 3 is 2.58 bits per heavy atom. The molecule has 0 aliphatic rings. The van der Waals surface area contributed by atoms with Crippen LogP contribution >= 0.6 is 22.9 Å². The zero-order valence-corrected chi connectivity index (χ0v) is 15.5. The van der Waals surface area contributed by atoms with Crippen LogP contribution in [0.5, 0.6) is 0 Å². The van der Waals surface area contributed by atoms with E-state index < -0.39 is 10.5 Å². The van der Waals surface area contributed by atoms with Crippen molar-refractivity contribution in [2.24, 2.45) is 0 Å². The first kappa shape index (κ1) is 18.0. The van der Waals surface area contributed by atoms with Crippen molar-refractivity contribution in [2.45, 2.75) is 20.4 Å². The van der Waals surface area contributed by atoms with E-state index in [1.807, 2.05) is 13.8 Å². The van der Waals surface area contributed by atoms with Gasteiger partial charge < -0.3 is 5.32 Å². The molecule has 0 bridgehead atoms. The van der Waals surface area contributed by atoms with Gasteiger partial charge in [-0.05, 0) is 26.0 Å². The molecular formula is C16H14ClN5O3S. The summed E-state index contributed by atoms with van der Waals surface area (Å²) < 4.78 is 1.09. The maximum atomic E-state index is 12.5. The minimum absolute atomic E-state index is 0.0112. The maximum absolute atomic E-state index is 12.5. The van der Waals surface area contributed by atoms with Crippen LogP contribution in [0.15, 0.2) is 35.3 Å². The molecule has 0 saturated heterocycles. The van der Waals surface area contributed by atoms with Crippen molar-refractivity contribution in [3.05, 3.63) is 71.5 Å². The van der Waals surface area contributed by atoms with Crippen LogP contribution in [0.1, 0.15) is 15.6 Å². The molecule has 2 aromatic heterocycles. The lowest BCUT2D eigenvalue weighted by atomic mass is 10.3. The number of hydrogen-bond acceptors (Lipinski definition) is 7. The Hall–Kier alpha value is -2.78. The number of non-ortho nitro benzene ring substituents is 1. The topological polar surface area (TPSA) is 103 Å². The third kappa shape index (κ3) is 3.58. The van der Waals surface area contributed by atoms with E-state index in [9.17, 15) is 14.9 Å². The Kier molecular flexibility index (Phi) is 5.01. The summed E-state index contributed by atoms with van der Waals surface area (Å²) in [5.41, 5.74) is 1.10. The van der Waals surface area contributed by atoms with Gasteiger partial charge in [0.05, 0.1) is 39.7 Å². The molecule has 3 aromatic rings. The minimum atomic E-state index is -0.517. The van der Waals surface area contributed by atoms with Crippen molar-refractivity contribution in [3.63, 3.8) is 0 Å². The molecule has 0 atom stereocenters. The molecule has 0 aliphatic heterocycles. The summed E-state index contributed by atoms with van der Waals surface area (Å²) in [6, 6.07) is 5.49. The smallest absolute Gasteiger partial charge is 0.292 e. The monoisotopic (exact) mass is 391 g/mol. The van der Waals surface area contributed by atoms with Gasteiger partial charge in [0.25, 0.3) is 11.2 Å². The Balaban J connectivity index is 1.85. The van der Waals surface area contributed by atoms with Crippen molar-refractivity contribution in [2.75, 3.05) is 5.32 Å². The first-order chi connectivity index (χ1) is 12.4. The number of nitrogens with zero attached hydrogens (tertiary/aromatic N) is 4. The number of nitro groups is 1. The first-order valence-electron chi connectivity index (χ1n) is 7.56. The average molecular weight is 392 g/mol. The summed E-state index contributed by atoms with van der Waals surface area (Å²) in [5.74, 6) is 0. The quantitative estimate of drug-likeness (QED) is 0.527. The third-order valence-corrected chi connectivity index (χ3v) is 4.96. The molecule has 0 saturated carbocycles. The van der Waals surface area contributed by atoms with E-state index in [1.54, 1.807) is 11.3 Å². The van der Waals surface area contributed by atoms with Gasteiger partial charge in [-0.1, -0.05) is 11.6 Å². The minimum Gasteiger partial charge on any atom is -0.377 e. The normalized spacial score (nSPS) is 10.7. The van der Waals surface area contributed by atoms with Crippen molar-refractivity contribution >= 4 is 34.3 Å². The molecule has 134 valence electrons. The lowest BCUT2D eigenvalue weighted by molar-refractivity contribution is -0.384. The summed E-state index contributed by atoms with van der Waals surface area (Å²) in [6.07, 6.45) is 1.44. The molecule has 8 nitrogen and oxygen atoms in total. The van der Waals surface area contributed by atoms with E-state index in [0.717, 1.165) is 20.3 Å². The molecule has 3 rings (SSSR count). The van der Waals surface area contributed by atoms with E-state index in [2.05, 4.69) is 15.4 Å². The Morgan fingerprint density at radius 1 is 1.31 bits per heavy atom. The predicted molar refractivity (Wildman–Crippen MR) is 100 cm³/mol. The largest absolute Gasteiger partial charge is 0.377 e. The average Bonchev–Trinajstić information content (AvgIpc) is 2.94. The van der Waals surface area contributed by atoms with Gasteiger partial charge in [-0.15, -0.1) is 11.3 Å². The standard InChI is InChI=1S/C16H14ClN5O3S/c1-9-13(20-10(2)26-9)7-18-14-8-19-21(16(23)15(14)17)11-3-5-12(6-4-11)22(24)25/h3-6,8,18H,7H2,1-2H3. The van der Waals surface area contributed by atoms with Crippen LogP contribution in [-0.4, -0.2) is 19.7 Å². The highest BCUT2D eigenvalue weighted by atomic mass is 35.5. The number of thiazole rings is 1. The summed E-state index contributed by atoms with van der Waals surface area (Å²) >= 11 is 7.78. The van der Waals surface area contributed by atoms with Crippen LogP contribution in [0, 0.1) is 24.0 Å². The fourth-order valence-corrected chi connectivity index (χ4v) is 3.40. The second kappa shape index (κ2) is 7.22. The molecule has 10 heteroatoms. The van der Waals surface area contributed by atoms with Crippen molar-refractivity contribution in [3.8, 4) is 5.69 Å². The molecule has 0 aliphatic carbocycles. The fourth-order valence-electron chi connectivity index (χ4n) is 2.37. The second-order valence-corrected chi connectivity index (χ2v) is 7.24. The van der Waals surface area contributed by atoms with Gasteiger partial charge in [0, 0.05) is 17.0 Å². The molecular weight excluding hydrogens is 378 g/mol. The number of hydrogen-bond donors (Lipinski definition) is 1. The van der Waals surface area contributed by atoms with Crippen LogP contribution < -0.4 is 10.9 Å². The van der Waals surface area contributed by atoms with Gasteiger partial charge in [0.1, 0.15) is 5.02 Å². The number of nitro benzene ring substituents is 1. The SMILES string of the molecule is Cc1nc(CNc2cnn(-c3ccc([N+](=O)[O-])cc3)c(=O)c2Cl)c(C)s1. The van der Waals surface area contributed by atoms with Crippen LogP contribution in [0.2, 0.25) is 5.02 Å². The Bertz CT molecular complexity index is 1030. The van der Waals surface area contributed by atoms with E-state index >= 15 is 0 Å². The van der Waals surface area contributed by atoms with E-state index in [1.165, 1.54) is 30.5 Å². The van der Waals surface area contributed by atoms with Crippen LogP contribution in [0.3, 0.4) is 0 Å². The van der Waals surface area contributed by atoms with Crippen LogP contribution in [-0.2, 0) is 6.54 Å². The number of benzene rings is 1. The van der Waals surface area contributed by atoms with Gasteiger partial charge in [0.15, 0.2) is 0 Å². The van der Waals surface area contributed by atoms with Crippen molar-refractivity contribution in [1.29, 1.82) is 0 Å². The number of aromatic nitrogens is 3. The van der Waals surface area contributed by atoms with Gasteiger partial charge in [-0.25, -0.2) is 4.98 Å². The first-order valence-corrected chi connectivity index (χ1v) is 8.75. The molecule has 2 heterocycles. The highest BCUT2D eigenvalue weighted by Crippen LogP contribution is 2.21. The number of aryl methyl sites for hydroxylation is 2. The van der Waals surface area contributed by atoms with Crippen LogP contribution in [0.25, 0.3) is 5.69 Å². The molecule has 26 heavy (non-hydrogen) atoms. The third-order valence-electron chi connectivity index (χ3n) is 3.67. The van der Waals surface area contributed by atoms with Crippen LogP contribution in [0.4, 0.5) is 11.4 Å². The number of halogens is 1. The second-order valence-electron chi connectivity index (χ2n) is 5.45. The highest BCUT2D eigenvalue weighted by Gasteiger charge is 2.13. The summed E-state index contributed by atoms with van der Waals surface area (Å²) in [7, 11) is 0. The number of rotatable bonds is 5. The maximum Gasteiger partial charge on any atom is 0.292 e. The van der Waals surface area contributed by atoms with Gasteiger partial charge in [-0.2, -0.15) is 9.78 Å². The molecule has 0 amide bonds. The number of anilines is 1. The molecule has 0 fully saturated rings. The zero-order valence-electron chi connectivity index (χ0n) is 13.9. The van der Waals surface area contributed by atoms with Gasteiger partial charge in [0.2, 0.25) is 0 Å². The van der Waals surface area contributed by atoms with Crippen molar-refractivity contribution < 1.29 is 4.92 Å². The molecule has 1 N–H and O–H groups in total. The molecule has 1 aromatic carbocycles. The lowest BCUT2D eigenvalue weighted by Crippen LogP contribution is -2.22. The molecule has 0 unspecified atom stereocenters. The van der Waals surface area contributed by atoms with E-state index in [-0.39, 0.29) is 10.7 Å². The van der Waals surface area contributed by atoms with E-state index in [4.69, 9.17) is 11.6 Å². The molecule has 0 spiro atoms. The zero-order chi connectivity index (χ0) is 18.8. The lowest BCUT2D eigenvalue weighted by Gasteiger charge is -2.10. The molecule has 0 radical (unpaired) electrons. The highest BCUT2D eigenvalue weighted by molar-refractivity contribution is 7.11. The fraction of sp³-hybridized carbons (Fsp3) is 0.188. The summed E-state index contributed by atoms with van der Waals surface area (Å²) in [5, 5.41) is 18.8. The van der Waals surface area contributed by atoms with Gasteiger partial charge >= 0.3 is 0 Å². The summed E-state index contributed by atoms with van der Waals surface area (Å²) in [6.45, 7) is 4.34. The Morgan fingerprint density at radius 2 is 2.00 bits per heavy atom. The van der Waals surface area contributed by atoms with E-state index in [0.29, 0.717) is 17.9 Å². The Labute approximate surface area is 157 Å².